The Bertz CT molecular complexity index is 467. The Morgan fingerprint density at radius 1 is 1.40 bits per heavy atom. The van der Waals surface area contributed by atoms with Gasteiger partial charge < -0.3 is 10.4 Å². The zero-order chi connectivity index (χ0) is 15.2. The van der Waals surface area contributed by atoms with E-state index in [1.54, 1.807) is 25.1 Å². The van der Waals surface area contributed by atoms with Gasteiger partial charge >= 0.3 is 5.97 Å². The summed E-state index contributed by atoms with van der Waals surface area (Å²) in [7, 11) is 0. The highest BCUT2D eigenvalue weighted by Gasteiger charge is 2.32. The molecule has 0 amide bonds. The quantitative estimate of drug-likeness (QED) is 0.615. The number of carboxylic acids is 1. The molecule has 1 unspecified atom stereocenters. The lowest BCUT2D eigenvalue weighted by molar-refractivity contribution is -0.142. The highest BCUT2D eigenvalue weighted by molar-refractivity contribution is 9.10. The van der Waals surface area contributed by atoms with Gasteiger partial charge in [-0.25, -0.2) is 4.79 Å². The number of carbonyl (C=O) groups is 1. The van der Waals surface area contributed by atoms with E-state index in [-0.39, 0.29) is 0 Å². The SMILES string of the molecule is CCCCCCC(C)(Nc1ccc(Cl)c(Br)c1)C(=O)O. The zero-order valence-corrected chi connectivity index (χ0v) is 14.2. The summed E-state index contributed by atoms with van der Waals surface area (Å²) in [6, 6.07) is 5.34. The van der Waals surface area contributed by atoms with Crippen LogP contribution in [0.15, 0.2) is 22.7 Å². The van der Waals surface area contributed by atoms with Crippen LogP contribution in [-0.2, 0) is 4.79 Å². The number of rotatable bonds is 8. The van der Waals surface area contributed by atoms with Crippen molar-refractivity contribution in [1.82, 2.24) is 0 Å². The monoisotopic (exact) mass is 361 g/mol. The topological polar surface area (TPSA) is 49.3 Å². The second-order valence-electron chi connectivity index (χ2n) is 5.20. The van der Waals surface area contributed by atoms with Crippen molar-refractivity contribution in [2.45, 2.75) is 51.5 Å². The van der Waals surface area contributed by atoms with Crippen molar-refractivity contribution in [3.05, 3.63) is 27.7 Å². The van der Waals surface area contributed by atoms with Crippen molar-refractivity contribution in [2.75, 3.05) is 5.32 Å². The molecule has 0 fully saturated rings. The van der Waals surface area contributed by atoms with Crippen LogP contribution in [0.25, 0.3) is 0 Å². The first-order valence-electron chi connectivity index (χ1n) is 6.85. The number of hydrogen-bond acceptors (Lipinski definition) is 2. The Hall–Kier alpha value is -0.740. The van der Waals surface area contributed by atoms with E-state index in [4.69, 9.17) is 11.6 Å². The van der Waals surface area contributed by atoms with E-state index in [2.05, 4.69) is 28.2 Å². The predicted molar refractivity (Wildman–Crippen MR) is 87.6 cm³/mol. The molecule has 0 aliphatic carbocycles. The van der Waals surface area contributed by atoms with E-state index in [1.165, 1.54) is 0 Å². The van der Waals surface area contributed by atoms with Crippen LogP contribution in [0.1, 0.15) is 46.0 Å². The van der Waals surface area contributed by atoms with Crippen molar-refractivity contribution in [3.8, 4) is 0 Å². The summed E-state index contributed by atoms with van der Waals surface area (Å²) in [6.45, 7) is 3.86. The Labute approximate surface area is 133 Å². The molecule has 20 heavy (non-hydrogen) atoms. The van der Waals surface area contributed by atoms with Gasteiger partial charge in [-0.05, 0) is 47.5 Å². The van der Waals surface area contributed by atoms with Gasteiger partial charge in [0.25, 0.3) is 0 Å². The van der Waals surface area contributed by atoms with E-state index in [0.717, 1.165) is 35.8 Å². The third kappa shape index (κ3) is 4.98. The second kappa shape index (κ2) is 7.89. The average molecular weight is 363 g/mol. The van der Waals surface area contributed by atoms with E-state index in [9.17, 15) is 9.90 Å². The number of nitrogens with one attached hydrogen (secondary N) is 1. The van der Waals surface area contributed by atoms with Gasteiger partial charge in [-0.1, -0.05) is 44.2 Å². The minimum absolute atomic E-state index is 0.600. The first-order valence-corrected chi connectivity index (χ1v) is 8.03. The van der Waals surface area contributed by atoms with Crippen LogP contribution < -0.4 is 5.32 Å². The molecule has 0 radical (unpaired) electrons. The number of hydrogen-bond donors (Lipinski definition) is 2. The first-order chi connectivity index (χ1) is 9.39. The van der Waals surface area contributed by atoms with Crippen molar-refractivity contribution < 1.29 is 9.90 Å². The Morgan fingerprint density at radius 3 is 2.65 bits per heavy atom. The number of carboxylic acid groups (broad SMARTS) is 1. The molecule has 2 N–H and O–H groups in total. The molecule has 1 atom stereocenters. The van der Waals surface area contributed by atoms with Crippen molar-refractivity contribution >= 4 is 39.2 Å². The van der Waals surface area contributed by atoms with Gasteiger partial charge in [0.05, 0.1) is 5.02 Å². The van der Waals surface area contributed by atoms with Crippen LogP contribution in [0.3, 0.4) is 0 Å². The molecule has 0 saturated heterocycles. The van der Waals surface area contributed by atoms with E-state index in [1.807, 2.05) is 0 Å². The lowest BCUT2D eigenvalue weighted by Gasteiger charge is -2.27. The summed E-state index contributed by atoms with van der Waals surface area (Å²) in [4.78, 5) is 11.5. The largest absolute Gasteiger partial charge is 0.480 e. The van der Waals surface area contributed by atoms with Crippen LogP contribution in [0.5, 0.6) is 0 Å². The van der Waals surface area contributed by atoms with Gasteiger partial charge in [-0.15, -0.1) is 0 Å². The number of aliphatic carboxylic acids is 1. The predicted octanol–water partition coefficient (Wildman–Crippen LogP) is 5.33. The minimum atomic E-state index is -0.957. The molecule has 0 bridgehead atoms. The number of anilines is 1. The normalized spacial score (nSPS) is 13.8. The average Bonchev–Trinajstić information content (AvgIpc) is 2.39. The third-order valence-electron chi connectivity index (χ3n) is 3.34. The number of benzene rings is 1. The van der Waals surface area contributed by atoms with Crippen molar-refractivity contribution in [1.29, 1.82) is 0 Å². The van der Waals surface area contributed by atoms with Crippen LogP contribution in [0.4, 0.5) is 5.69 Å². The number of unbranched alkanes of at least 4 members (excludes halogenated alkanes) is 3. The first kappa shape index (κ1) is 17.3. The summed E-state index contributed by atoms with van der Waals surface area (Å²) in [6.07, 6.45) is 4.84. The molecule has 1 aromatic rings. The molecule has 1 aromatic carbocycles. The summed E-state index contributed by atoms with van der Waals surface area (Å²) >= 11 is 9.29. The highest BCUT2D eigenvalue weighted by atomic mass is 79.9. The molecule has 0 aliphatic rings. The molecule has 112 valence electrons. The lowest BCUT2D eigenvalue weighted by atomic mass is 9.93. The Kier molecular flexibility index (Phi) is 6.83. The van der Waals surface area contributed by atoms with Gasteiger partial charge in [-0.3, -0.25) is 0 Å². The Morgan fingerprint density at radius 2 is 2.10 bits per heavy atom. The maximum Gasteiger partial charge on any atom is 0.329 e. The summed E-state index contributed by atoms with van der Waals surface area (Å²) in [5, 5.41) is 13.2. The second-order valence-corrected chi connectivity index (χ2v) is 6.46. The summed E-state index contributed by atoms with van der Waals surface area (Å²) in [5.74, 6) is -0.833. The van der Waals surface area contributed by atoms with Crippen molar-refractivity contribution in [2.24, 2.45) is 0 Å². The molecule has 3 nitrogen and oxygen atoms in total. The fourth-order valence-electron chi connectivity index (χ4n) is 2.02. The fraction of sp³-hybridized carbons (Fsp3) is 0.533. The molecule has 0 saturated carbocycles. The fourth-order valence-corrected chi connectivity index (χ4v) is 2.52. The van der Waals surface area contributed by atoms with Gasteiger partial charge in [0.15, 0.2) is 0 Å². The maximum atomic E-state index is 11.5. The smallest absolute Gasteiger partial charge is 0.329 e. The van der Waals surface area contributed by atoms with Crippen LogP contribution in [-0.4, -0.2) is 16.6 Å². The number of halogens is 2. The Balaban J connectivity index is 2.74. The van der Waals surface area contributed by atoms with Crippen LogP contribution >= 0.6 is 27.5 Å². The minimum Gasteiger partial charge on any atom is -0.480 e. The summed E-state index contributed by atoms with van der Waals surface area (Å²) in [5.41, 5.74) is -0.206. The molecule has 5 heteroatoms. The third-order valence-corrected chi connectivity index (χ3v) is 4.56. The lowest BCUT2D eigenvalue weighted by Crippen LogP contribution is -2.43. The molecular weight excluding hydrogens is 342 g/mol. The summed E-state index contributed by atoms with van der Waals surface area (Å²) < 4.78 is 0.753. The van der Waals surface area contributed by atoms with E-state index >= 15 is 0 Å². The molecule has 1 rings (SSSR count). The molecular formula is C15H21BrClNO2. The molecule has 0 aromatic heterocycles. The van der Waals surface area contributed by atoms with Crippen molar-refractivity contribution in [3.63, 3.8) is 0 Å². The van der Waals surface area contributed by atoms with Crippen LogP contribution in [0, 0.1) is 0 Å². The van der Waals surface area contributed by atoms with E-state index in [0.29, 0.717) is 11.4 Å². The molecule has 0 aliphatic heterocycles. The standard InChI is InChI=1S/C15H21BrClNO2/c1-3-4-5-6-9-15(2,14(19)20)18-11-7-8-13(17)12(16)10-11/h7-8,10,18H,3-6,9H2,1-2H3,(H,19,20). The van der Waals surface area contributed by atoms with Crippen LogP contribution in [0.2, 0.25) is 5.02 Å². The zero-order valence-electron chi connectivity index (χ0n) is 11.9. The molecule has 0 heterocycles. The maximum absolute atomic E-state index is 11.5. The van der Waals surface area contributed by atoms with E-state index < -0.39 is 11.5 Å². The van der Waals surface area contributed by atoms with Gasteiger partial charge in [0.2, 0.25) is 0 Å². The van der Waals surface area contributed by atoms with Gasteiger partial charge in [0.1, 0.15) is 5.54 Å². The van der Waals surface area contributed by atoms with Gasteiger partial charge in [-0.2, -0.15) is 0 Å². The highest BCUT2D eigenvalue weighted by Crippen LogP contribution is 2.28. The van der Waals surface area contributed by atoms with Gasteiger partial charge in [0, 0.05) is 10.2 Å². The molecule has 0 spiro atoms.